The summed E-state index contributed by atoms with van der Waals surface area (Å²) in [6.07, 6.45) is 0. The molecular weight excluding hydrogens is 709 g/mol. The van der Waals surface area contributed by atoms with Crippen LogP contribution in [0.1, 0.15) is 0 Å². The fourth-order valence-corrected chi connectivity index (χ4v) is 8.12. The van der Waals surface area contributed by atoms with Gasteiger partial charge in [0.1, 0.15) is 11.2 Å². The SMILES string of the molecule is c1ccc(-c2nc(-c3ccccc3)nc(-c3cccc4c(-c5ccc(N(c6ccccc6)c6ccc7ccccc7c6)cc5)cc5c6ccccc6oc5c34)n2)cc1. The lowest BCUT2D eigenvalue weighted by Gasteiger charge is -2.26. The van der Waals surface area contributed by atoms with E-state index in [4.69, 9.17) is 19.4 Å². The summed E-state index contributed by atoms with van der Waals surface area (Å²) in [4.78, 5) is 17.6. The fraction of sp³-hybridized carbons (Fsp3) is 0. The van der Waals surface area contributed by atoms with Crippen molar-refractivity contribution in [2.75, 3.05) is 4.90 Å². The summed E-state index contributed by atoms with van der Waals surface area (Å²) >= 11 is 0. The lowest BCUT2D eigenvalue weighted by Crippen LogP contribution is -2.09. The molecule has 9 aromatic carbocycles. The van der Waals surface area contributed by atoms with Gasteiger partial charge in [0.15, 0.2) is 17.5 Å². The van der Waals surface area contributed by atoms with Crippen LogP contribution in [0.5, 0.6) is 0 Å². The van der Waals surface area contributed by atoms with Gasteiger partial charge in [-0.2, -0.15) is 0 Å². The molecule has 0 bridgehead atoms. The molecule has 0 unspecified atom stereocenters. The van der Waals surface area contributed by atoms with Gasteiger partial charge < -0.3 is 9.32 Å². The van der Waals surface area contributed by atoms with Crippen LogP contribution in [0, 0.1) is 0 Å². The third-order valence-electron chi connectivity index (χ3n) is 10.9. The zero-order valence-electron chi connectivity index (χ0n) is 31.3. The van der Waals surface area contributed by atoms with Crippen molar-refractivity contribution >= 4 is 60.5 Å². The van der Waals surface area contributed by atoms with Crippen LogP contribution in [0.4, 0.5) is 17.1 Å². The van der Waals surface area contributed by atoms with E-state index in [2.05, 4.69) is 138 Å². The molecule has 0 atom stereocenters. The van der Waals surface area contributed by atoms with Gasteiger partial charge in [-0.05, 0) is 75.8 Å². The number of para-hydroxylation sites is 2. The van der Waals surface area contributed by atoms with Crippen LogP contribution in [-0.4, -0.2) is 15.0 Å². The number of benzene rings is 9. The molecule has 0 saturated carbocycles. The van der Waals surface area contributed by atoms with Crippen LogP contribution < -0.4 is 4.90 Å². The molecule has 0 aliphatic carbocycles. The van der Waals surface area contributed by atoms with E-state index < -0.39 is 0 Å². The number of fused-ring (bicyclic) bond motifs is 6. The molecule has 0 aliphatic heterocycles. The maximum absolute atomic E-state index is 6.75. The predicted octanol–water partition coefficient (Wildman–Crippen LogP) is 14.2. The zero-order valence-corrected chi connectivity index (χ0v) is 31.3. The van der Waals surface area contributed by atoms with Crippen molar-refractivity contribution in [1.82, 2.24) is 15.0 Å². The molecule has 11 aromatic rings. The van der Waals surface area contributed by atoms with E-state index in [1.54, 1.807) is 0 Å². The average Bonchev–Trinajstić information content (AvgIpc) is 3.68. The molecule has 2 heterocycles. The predicted molar refractivity (Wildman–Crippen MR) is 239 cm³/mol. The molecule has 272 valence electrons. The third-order valence-corrected chi connectivity index (χ3v) is 10.9. The highest BCUT2D eigenvalue weighted by atomic mass is 16.3. The Morgan fingerprint density at radius 3 is 1.64 bits per heavy atom. The van der Waals surface area contributed by atoms with Crippen LogP contribution in [0.3, 0.4) is 0 Å². The number of hydrogen-bond acceptors (Lipinski definition) is 5. The van der Waals surface area contributed by atoms with Crippen LogP contribution in [0.2, 0.25) is 0 Å². The maximum atomic E-state index is 6.75. The summed E-state index contributed by atoms with van der Waals surface area (Å²) in [5.41, 5.74) is 9.81. The third kappa shape index (κ3) is 5.85. The van der Waals surface area contributed by atoms with Crippen LogP contribution in [-0.2, 0) is 0 Å². The Morgan fingerprint density at radius 1 is 0.345 bits per heavy atom. The average molecular weight is 743 g/mol. The van der Waals surface area contributed by atoms with Crippen molar-refractivity contribution < 1.29 is 4.42 Å². The Morgan fingerprint density at radius 2 is 0.914 bits per heavy atom. The van der Waals surface area contributed by atoms with Crippen molar-refractivity contribution in [3.63, 3.8) is 0 Å². The van der Waals surface area contributed by atoms with E-state index in [0.717, 1.165) is 77.6 Å². The first-order valence-corrected chi connectivity index (χ1v) is 19.4. The molecule has 5 nitrogen and oxygen atoms in total. The topological polar surface area (TPSA) is 55.1 Å². The summed E-state index contributed by atoms with van der Waals surface area (Å²) in [5, 5.41) is 6.52. The van der Waals surface area contributed by atoms with Crippen LogP contribution in [0.15, 0.2) is 211 Å². The Balaban J connectivity index is 1.12. The first-order chi connectivity index (χ1) is 28.7. The van der Waals surface area contributed by atoms with E-state index in [9.17, 15) is 0 Å². The summed E-state index contributed by atoms with van der Waals surface area (Å²) in [6.45, 7) is 0. The molecule has 5 heteroatoms. The van der Waals surface area contributed by atoms with Gasteiger partial charge in [0.2, 0.25) is 0 Å². The van der Waals surface area contributed by atoms with E-state index in [-0.39, 0.29) is 0 Å². The molecule has 0 aliphatic rings. The Bertz CT molecular complexity index is 3210. The molecular formula is C53H34N4O. The Hall–Kier alpha value is -7.89. The Labute approximate surface area is 335 Å². The number of furan rings is 1. The second-order valence-corrected chi connectivity index (χ2v) is 14.4. The molecule has 0 spiro atoms. The summed E-state index contributed by atoms with van der Waals surface area (Å²) in [7, 11) is 0. The largest absolute Gasteiger partial charge is 0.455 e. The standard InChI is InChI=1S/C53H34N4O/c1-4-16-37(17-5-1)51-54-52(38-18-6-2-7-19-38)56-53(55-51)45-25-14-24-44-46(34-47-43-23-12-13-26-48(43)58-50(47)49(44)45)36-28-30-41(31-29-36)57(40-21-8-3-9-22-40)42-32-27-35-15-10-11-20-39(35)33-42/h1-34H. The van der Waals surface area contributed by atoms with Crippen LogP contribution in [0.25, 0.3) is 88.8 Å². The second-order valence-electron chi connectivity index (χ2n) is 14.4. The minimum Gasteiger partial charge on any atom is -0.455 e. The summed E-state index contributed by atoms with van der Waals surface area (Å²) < 4.78 is 6.75. The maximum Gasteiger partial charge on any atom is 0.164 e. The molecule has 11 rings (SSSR count). The molecule has 0 saturated heterocycles. The first-order valence-electron chi connectivity index (χ1n) is 19.4. The minimum absolute atomic E-state index is 0.585. The van der Waals surface area contributed by atoms with Gasteiger partial charge in [-0.25, -0.2) is 15.0 Å². The molecule has 0 fully saturated rings. The number of aromatic nitrogens is 3. The lowest BCUT2D eigenvalue weighted by atomic mass is 9.92. The second kappa shape index (κ2) is 14.0. The quantitative estimate of drug-likeness (QED) is 0.163. The molecule has 2 aromatic heterocycles. The van der Waals surface area contributed by atoms with Gasteiger partial charge in [0, 0.05) is 49.9 Å². The molecule has 0 amide bonds. The molecule has 58 heavy (non-hydrogen) atoms. The van der Waals surface area contributed by atoms with Crippen LogP contribution >= 0.6 is 0 Å². The highest BCUT2D eigenvalue weighted by Crippen LogP contribution is 2.44. The van der Waals surface area contributed by atoms with Gasteiger partial charge in [0.25, 0.3) is 0 Å². The molecule has 0 radical (unpaired) electrons. The Kier molecular flexibility index (Phi) is 8.07. The number of anilines is 3. The van der Waals surface area contributed by atoms with E-state index >= 15 is 0 Å². The summed E-state index contributed by atoms with van der Waals surface area (Å²) in [5.74, 6) is 1.81. The van der Waals surface area contributed by atoms with E-state index in [0.29, 0.717) is 17.5 Å². The highest BCUT2D eigenvalue weighted by Gasteiger charge is 2.21. The van der Waals surface area contributed by atoms with Crippen molar-refractivity contribution in [1.29, 1.82) is 0 Å². The number of rotatable bonds is 7. The lowest BCUT2D eigenvalue weighted by molar-refractivity contribution is 0.673. The van der Waals surface area contributed by atoms with Gasteiger partial charge in [-0.15, -0.1) is 0 Å². The molecule has 0 N–H and O–H groups in total. The number of hydrogen-bond donors (Lipinski definition) is 0. The van der Waals surface area contributed by atoms with Gasteiger partial charge in [-0.3, -0.25) is 0 Å². The van der Waals surface area contributed by atoms with Crippen molar-refractivity contribution in [2.45, 2.75) is 0 Å². The van der Waals surface area contributed by atoms with Gasteiger partial charge >= 0.3 is 0 Å². The number of nitrogens with zero attached hydrogens (tertiary/aromatic N) is 4. The van der Waals surface area contributed by atoms with E-state index in [1.807, 2.05) is 72.8 Å². The highest BCUT2D eigenvalue weighted by molar-refractivity contribution is 6.22. The zero-order chi connectivity index (χ0) is 38.4. The van der Waals surface area contributed by atoms with Gasteiger partial charge in [0.05, 0.1) is 0 Å². The van der Waals surface area contributed by atoms with E-state index in [1.165, 1.54) is 10.8 Å². The monoisotopic (exact) mass is 742 g/mol. The fourth-order valence-electron chi connectivity index (χ4n) is 8.12. The van der Waals surface area contributed by atoms with Crippen molar-refractivity contribution in [3.05, 3.63) is 206 Å². The minimum atomic E-state index is 0.585. The smallest absolute Gasteiger partial charge is 0.164 e. The van der Waals surface area contributed by atoms with Crippen molar-refractivity contribution in [2.24, 2.45) is 0 Å². The van der Waals surface area contributed by atoms with Gasteiger partial charge in [-0.1, -0.05) is 158 Å². The first kappa shape index (κ1) is 33.4. The normalized spacial score (nSPS) is 11.4. The van der Waals surface area contributed by atoms with Crippen molar-refractivity contribution in [3.8, 4) is 45.3 Å². The summed E-state index contributed by atoms with van der Waals surface area (Å²) in [6, 6.07) is 71.7.